The van der Waals surface area contributed by atoms with Crippen molar-refractivity contribution in [1.82, 2.24) is 5.32 Å². The van der Waals surface area contributed by atoms with Crippen molar-refractivity contribution in [3.8, 4) is 5.75 Å². The van der Waals surface area contributed by atoms with E-state index >= 15 is 0 Å². The number of benzene rings is 1. The molecule has 5 heteroatoms. The molecule has 0 spiro atoms. The zero-order valence-electron chi connectivity index (χ0n) is 17.7. The van der Waals surface area contributed by atoms with Gasteiger partial charge in [0.15, 0.2) is 6.29 Å². The molecule has 3 aliphatic rings. The summed E-state index contributed by atoms with van der Waals surface area (Å²) >= 11 is 0. The third kappa shape index (κ3) is 4.95. The van der Waals surface area contributed by atoms with Crippen LogP contribution in [0.2, 0.25) is 0 Å². The van der Waals surface area contributed by atoms with E-state index in [4.69, 9.17) is 14.2 Å². The van der Waals surface area contributed by atoms with E-state index in [0.29, 0.717) is 5.92 Å². The molecule has 2 saturated carbocycles. The Kier molecular flexibility index (Phi) is 6.76. The van der Waals surface area contributed by atoms with Crippen LogP contribution in [-0.4, -0.2) is 39.1 Å². The van der Waals surface area contributed by atoms with Gasteiger partial charge < -0.3 is 19.5 Å². The van der Waals surface area contributed by atoms with Crippen LogP contribution in [-0.2, 0) is 14.3 Å². The molecule has 4 rings (SSSR count). The van der Waals surface area contributed by atoms with Gasteiger partial charge >= 0.3 is 0 Å². The minimum Gasteiger partial charge on any atom is -0.497 e. The van der Waals surface area contributed by atoms with E-state index in [1.54, 1.807) is 7.11 Å². The number of nitrogens with one attached hydrogen (secondary N) is 1. The van der Waals surface area contributed by atoms with Gasteiger partial charge in [0.2, 0.25) is 5.91 Å². The second-order valence-corrected chi connectivity index (χ2v) is 8.97. The van der Waals surface area contributed by atoms with E-state index in [9.17, 15) is 4.79 Å². The minimum absolute atomic E-state index is 0.0443. The summed E-state index contributed by atoms with van der Waals surface area (Å²) in [5.74, 6) is 1.49. The molecule has 1 aliphatic heterocycles. The zero-order valence-corrected chi connectivity index (χ0v) is 17.7. The number of hydrogen-bond donors (Lipinski definition) is 1. The van der Waals surface area contributed by atoms with Crippen LogP contribution in [0.25, 0.3) is 0 Å². The van der Waals surface area contributed by atoms with E-state index in [2.05, 4.69) is 17.4 Å². The first-order chi connectivity index (χ1) is 14.2. The SMILES string of the molecule is COc1cccc([C@H]2C[C@@H]2C(=O)NCCCC2(C3OCCO3)CCCCCC2)c1. The molecule has 0 aromatic heterocycles. The summed E-state index contributed by atoms with van der Waals surface area (Å²) < 4.78 is 17.2. The summed E-state index contributed by atoms with van der Waals surface area (Å²) in [6.07, 6.45) is 10.5. The van der Waals surface area contributed by atoms with Crippen molar-refractivity contribution in [2.75, 3.05) is 26.9 Å². The highest BCUT2D eigenvalue weighted by atomic mass is 16.7. The van der Waals surface area contributed by atoms with Gasteiger partial charge in [-0.05, 0) is 55.7 Å². The molecule has 5 nitrogen and oxygen atoms in total. The quantitative estimate of drug-likeness (QED) is 0.518. The lowest BCUT2D eigenvalue weighted by molar-refractivity contribution is -0.143. The second-order valence-electron chi connectivity index (χ2n) is 8.97. The van der Waals surface area contributed by atoms with Crippen LogP contribution in [0.3, 0.4) is 0 Å². The third-order valence-electron chi connectivity index (χ3n) is 7.02. The van der Waals surface area contributed by atoms with Crippen LogP contribution in [0.4, 0.5) is 0 Å². The predicted octanol–water partition coefficient (Wildman–Crippen LogP) is 4.41. The first-order valence-corrected chi connectivity index (χ1v) is 11.4. The molecule has 1 aromatic rings. The van der Waals surface area contributed by atoms with Crippen molar-refractivity contribution >= 4 is 5.91 Å². The minimum atomic E-state index is -0.0443. The van der Waals surface area contributed by atoms with Crippen LogP contribution in [0, 0.1) is 11.3 Å². The van der Waals surface area contributed by atoms with Gasteiger partial charge in [-0.1, -0.05) is 37.8 Å². The van der Waals surface area contributed by atoms with Crippen molar-refractivity contribution < 1.29 is 19.0 Å². The molecule has 2 atom stereocenters. The molecule has 0 bridgehead atoms. The molecule has 1 saturated heterocycles. The summed E-state index contributed by atoms with van der Waals surface area (Å²) in [6.45, 7) is 2.18. The summed E-state index contributed by atoms with van der Waals surface area (Å²) in [5, 5.41) is 3.18. The van der Waals surface area contributed by atoms with Gasteiger partial charge in [-0.25, -0.2) is 0 Å². The fourth-order valence-electron chi connectivity index (χ4n) is 5.26. The molecular weight excluding hydrogens is 366 g/mol. The van der Waals surface area contributed by atoms with Crippen LogP contribution in [0.15, 0.2) is 24.3 Å². The summed E-state index contributed by atoms with van der Waals surface area (Å²) in [4.78, 5) is 12.6. The van der Waals surface area contributed by atoms with Crippen LogP contribution >= 0.6 is 0 Å². The van der Waals surface area contributed by atoms with E-state index in [0.717, 1.165) is 44.8 Å². The average molecular weight is 402 g/mol. The lowest BCUT2D eigenvalue weighted by Gasteiger charge is -2.37. The van der Waals surface area contributed by atoms with Gasteiger partial charge in [0.25, 0.3) is 0 Å². The Bertz CT molecular complexity index is 677. The first kappa shape index (κ1) is 20.7. The molecule has 1 amide bonds. The van der Waals surface area contributed by atoms with Crippen molar-refractivity contribution in [1.29, 1.82) is 0 Å². The van der Waals surface area contributed by atoms with Gasteiger partial charge in [0.1, 0.15) is 5.75 Å². The fourth-order valence-corrected chi connectivity index (χ4v) is 5.26. The maximum absolute atomic E-state index is 12.6. The van der Waals surface area contributed by atoms with Gasteiger partial charge in [-0.3, -0.25) is 4.79 Å². The average Bonchev–Trinajstić information content (AvgIpc) is 3.44. The maximum atomic E-state index is 12.6. The molecule has 0 radical (unpaired) electrons. The van der Waals surface area contributed by atoms with Crippen LogP contribution in [0.1, 0.15) is 69.3 Å². The molecule has 160 valence electrons. The Labute approximate surface area is 174 Å². The molecule has 1 heterocycles. The number of hydrogen-bond acceptors (Lipinski definition) is 4. The van der Waals surface area contributed by atoms with E-state index in [-0.39, 0.29) is 23.5 Å². The van der Waals surface area contributed by atoms with Gasteiger partial charge in [-0.15, -0.1) is 0 Å². The highest BCUT2D eigenvalue weighted by Crippen LogP contribution is 2.48. The number of amides is 1. The summed E-state index contributed by atoms with van der Waals surface area (Å²) in [6, 6.07) is 8.09. The zero-order chi connectivity index (χ0) is 20.1. The van der Waals surface area contributed by atoms with Crippen molar-refractivity contribution in [2.45, 2.75) is 70.0 Å². The Morgan fingerprint density at radius 3 is 2.66 bits per heavy atom. The molecular formula is C24H35NO4. The molecule has 1 N–H and O–H groups in total. The Hall–Kier alpha value is -1.59. The number of carbonyl (C=O) groups is 1. The van der Waals surface area contributed by atoms with E-state index in [1.807, 2.05) is 12.1 Å². The lowest BCUT2D eigenvalue weighted by atomic mass is 9.75. The topological polar surface area (TPSA) is 56.8 Å². The normalized spacial score (nSPS) is 26.7. The highest BCUT2D eigenvalue weighted by Gasteiger charge is 2.44. The number of methoxy groups -OCH3 is 1. The summed E-state index contributed by atoms with van der Waals surface area (Å²) in [7, 11) is 1.68. The fraction of sp³-hybridized carbons (Fsp3) is 0.708. The Morgan fingerprint density at radius 1 is 1.17 bits per heavy atom. The van der Waals surface area contributed by atoms with Crippen molar-refractivity contribution in [3.05, 3.63) is 29.8 Å². The van der Waals surface area contributed by atoms with E-state index in [1.165, 1.54) is 44.1 Å². The monoisotopic (exact) mass is 401 g/mol. The van der Waals surface area contributed by atoms with Crippen LogP contribution in [0.5, 0.6) is 5.75 Å². The molecule has 0 unspecified atom stereocenters. The number of rotatable bonds is 8. The predicted molar refractivity (Wildman–Crippen MR) is 112 cm³/mol. The number of ether oxygens (including phenoxy) is 3. The summed E-state index contributed by atoms with van der Waals surface area (Å²) in [5.41, 5.74) is 1.35. The van der Waals surface area contributed by atoms with Crippen molar-refractivity contribution in [3.63, 3.8) is 0 Å². The molecule has 2 aliphatic carbocycles. The first-order valence-electron chi connectivity index (χ1n) is 11.4. The lowest BCUT2D eigenvalue weighted by Crippen LogP contribution is -2.37. The maximum Gasteiger partial charge on any atom is 0.223 e. The van der Waals surface area contributed by atoms with Gasteiger partial charge in [0.05, 0.1) is 20.3 Å². The Morgan fingerprint density at radius 2 is 1.93 bits per heavy atom. The van der Waals surface area contributed by atoms with Crippen molar-refractivity contribution in [2.24, 2.45) is 11.3 Å². The van der Waals surface area contributed by atoms with Crippen LogP contribution < -0.4 is 10.1 Å². The smallest absolute Gasteiger partial charge is 0.223 e. The molecule has 3 fully saturated rings. The largest absolute Gasteiger partial charge is 0.497 e. The highest BCUT2D eigenvalue weighted by molar-refractivity contribution is 5.82. The Balaban J connectivity index is 1.24. The van der Waals surface area contributed by atoms with E-state index < -0.39 is 0 Å². The standard InChI is InChI=1S/C24H35NO4/c1-27-19-9-6-8-18(16-19)20-17-21(20)22(26)25-13-7-12-24(23-28-14-15-29-23)10-4-2-3-5-11-24/h6,8-9,16,20-21,23H,2-5,7,10-15,17H2,1H3,(H,25,26)/t20-,21+/m1/s1. The molecule has 29 heavy (non-hydrogen) atoms. The number of carbonyl (C=O) groups excluding carboxylic acids is 1. The van der Waals surface area contributed by atoms with Gasteiger partial charge in [-0.2, -0.15) is 0 Å². The van der Waals surface area contributed by atoms with Gasteiger partial charge in [0, 0.05) is 17.9 Å². The molecule has 1 aromatic carbocycles. The second kappa shape index (κ2) is 9.48. The third-order valence-corrected chi connectivity index (χ3v) is 7.02.